The molecule has 1 fully saturated rings. The third-order valence-corrected chi connectivity index (χ3v) is 5.21. The summed E-state index contributed by atoms with van der Waals surface area (Å²) in [6, 6.07) is 12.1. The van der Waals surface area contributed by atoms with Crippen LogP contribution >= 0.6 is 11.6 Å². The monoisotopic (exact) mass is 372 g/mol. The number of piperidine rings is 1. The lowest BCUT2D eigenvalue weighted by Crippen LogP contribution is -2.41. The Hall–Kier alpha value is -2.14. The van der Waals surface area contributed by atoms with Gasteiger partial charge in [0.15, 0.2) is 11.0 Å². The van der Waals surface area contributed by atoms with Crippen molar-refractivity contribution in [2.24, 2.45) is 5.92 Å². The van der Waals surface area contributed by atoms with Crippen molar-refractivity contribution in [1.29, 1.82) is 0 Å². The lowest BCUT2D eigenvalue weighted by Gasteiger charge is -2.32. The molecule has 1 atom stereocenters. The van der Waals surface area contributed by atoms with Gasteiger partial charge in [-0.25, -0.2) is 0 Å². The van der Waals surface area contributed by atoms with E-state index in [1.807, 2.05) is 6.07 Å². The molecule has 1 N–H and O–H groups in total. The van der Waals surface area contributed by atoms with E-state index in [4.69, 9.17) is 11.6 Å². The van der Waals surface area contributed by atoms with E-state index in [0.717, 1.165) is 38.2 Å². The van der Waals surface area contributed by atoms with Gasteiger partial charge in [-0.15, -0.1) is 10.2 Å². The normalized spacial score (nSPS) is 16.3. The number of benzene rings is 1. The van der Waals surface area contributed by atoms with E-state index < -0.39 is 0 Å². The number of carbonyl (C=O) groups excluding carboxylic acids is 1. The summed E-state index contributed by atoms with van der Waals surface area (Å²) >= 11 is 5.79. The molecular weight excluding hydrogens is 348 g/mol. The van der Waals surface area contributed by atoms with Gasteiger partial charge in [0.2, 0.25) is 5.91 Å². The van der Waals surface area contributed by atoms with E-state index in [2.05, 4.69) is 58.5 Å². The molecule has 0 saturated carbocycles. The largest absolute Gasteiger partial charge is 0.355 e. The van der Waals surface area contributed by atoms with Crippen LogP contribution in [0.15, 0.2) is 36.4 Å². The number of nitrogens with one attached hydrogen (secondary N) is 1. The predicted molar refractivity (Wildman–Crippen MR) is 104 cm³/mol. The minimum atomic E-state index is 0.0472. The maximum absolute atomic E-state index is 12.7. The molecule has 1 saturated heterocycles. The molecule has 0 bridgehead atoms. The Bertz CT molecular complexity index is 724. The fourth-order valence-electron chi connectivity index (χ4n) is 3.36. The number of halogens is 1. The summed E-state index contributed by atoms with van der Waals surface area (Å²) in [5.74, 6) is 1.02. The minimum Gasteiger partial charge on any atom is -0.355 e. The molecular formula is C20H25ClN4O. The zero-order valence-corrected chi connectivity index (χ0v) is 16.0. The first-order valence-corrected chi connectivity index (χ1v) is 9.55. The first-order valence-electron chi connectivity index (χ1n) is 9.18. The van der Waals surface area contributed by atoms with Crippen LogP contribution in [0.2, 0.25) is 5.15 Å². The highest BCUT2D eigenvalue weighted by molar-refractivity contribution is 6.29. The zero-order valence-electron chi connectivity index (χ0n) is 15.3. The average molecular weight is 373 g/mol. The fraction of sp³-hybridized carbons (Fsp3) is 0.450. The van der Waals surface area contributed by atoms with Gasteiger partial charge in [-0.05, 0) is 43.9 Å². The number of aromatic nitrogens is 2. The van der Waals surface area contributed by atoms with Crippen LogP contribution in [0.4, 0.5) is 5.82 Å². The van der Waals surface area contributed by atoms with Gasteiger partial charge in [0, 0.05) is 19.0 Å². The van der Waals surface area contributed by atoms with Crippen LogP contribution in [-0.2, 0) is 4.79 Å². The Morgan fingerprint density at radius 1 is 1.19 bits per heavy atom. The topological polar surface area (TPSA) is 58.1 Å². The van der Waals surface area contributed by atoms with Crippen LogP contribution < -0.4 is 10.2 Å². The molecule has 3 rings (SSSR count). The summed E-state index contributed by atoms with van der Waals surface area (Å²) in [5, 5.41) is 11.6. The van der Waals surface area contributed by atoms with Gasteiger partial charge in [0.1, 0.15) is 0 Å². The first kappa shape index (κ1) is 18.6. The van der Waals surface area contributed by atoms with Gasteiger partial charge in [-0.1, -0.05) is 48.4 Å². The van der Waals surface area contributed by atoms with Crippen LogP contribution in [0.1, 0.15) is 43.4 Å². The molecule has 26 heavy (non-hydrogen) atoms. The predicted octanol–water partition coefficient (Wildman–Crippen LogP) is 3.92. The molecule has 1 aliphatic heterocycles. The summed E-state index contributed by atoms with van der Waals surface area (Å²) in [6.07, 6.45) is 2.52. The third kappa shape index (κ3) is 4.52. The number of carbonyl (C=O) groups is 1. The summed E-state index contributed by atoms with van der Waals surface area (Å²) in [5.41, 5.74) is 2.40. The Morgan fingerprint density at radius 2 is 1.88 bits per heavy atom. The van der Waals surface area contributed by atoms with E-state index in [9.17, 15) is 4.79 Å². The van der Waals surface area contributed by atoms with Crippen LogP contribution in [-0.4, -0.2) is 29.2 Å². The number of rotatable bonds is 5. The number of anilines is 1. The molecule has 1 aliphatic rings. The zero-order chi connectivity index (χ0) is 18.5. The number of amides is 1. The van der Waals surface area contributed by atoms with Gasteiger partial charge >= 0.3 is 0 Å². The molecule has 5 nitrogen and oxygen atoms in total. The molecule has 0 aliphatic carbocycles. The minimum absolute atomic E-state index is 0.0472. The molecule has 0 unspecified atom stereocenters. The van der Waals surface area contributed by atoms with Crippen LogP contribution in [0.5, 0.6) is 0 Å². The van der Waals surface area contributed by atoms with E-state index in [1.54, 1.807) is 6.07 Å². The van der Waals surface area contributed by atoms with E-state index in [-0.39, 0.29) is 17.9 Å². The van der Waals surface area contributed by atoms with Crippen molar-refractivity contribution in [2.45, 2.75) is 39.2 Å². The maximum Gasteiger partial charge on any atom is 0.223 e. The van der Waals surface area contributed by atoms with E-state index in [0.29, 0.717) is 5.15 Å². The first-order chi connectivity index (χ1) is 12.6. The van der Waals surface area contributed by atoms with Gasteiger partial charge in [-0.3, -0.25) is 4.79 Å². The molecule has 0 spiro atoms. The average Bonchev–Trinajstić information content (AvgIpc) is 2.67. The Kier molecular flexibility index (Phi) is 6.09. The second kappa shape index (κ2) is 8.49. The van der Waals surface area contributed by atoms with Gasteiger partial charge in [-0.2, -0.15) is 0 Å². The van der Waals surface area contributed by atoms with Crippen molar-refractivity contribution in [3.05, 3.63) is 52.7 Å². The molecule has 1 amide bonds. The smallest absolute Gasteiger partial charge is 0.223 e. The van der Waals surface area contributed by atoms with E-state index in [1.165, 1.54) is 11.1 Å². The Labute approximate surface area is 159 Å². The summed E-state index contributed by atoms with van der Waals surface area (Å²) in [6.45, 7) is 5.78. The number of hydrogen-bond acceptors (Lipinski definition) is 4. The number of aryl methyl sites for hydroxylation is 1. The second-order valence-corrected chi connectivity index (χ2v) is 7.24. The molecule has 1 aromatic heterocycles. The summed E-state index contributed by atoms with van der Waals surface area (Å²) in [4.78, 5) is 14.9. The Morgan fingerprint density at radius 3 is 2.46 bits per heavy atom. The van der Waals surface area contributed by atoms with Gasteiger partial charge < -0.3 is 10.2 Å². The van der Waals surface area contributed by atoms with Crippen molar-refractivity contribution in [1.82, 2.24) is 15.5 Å². The highest BCUT2D eigenvalue weighted by atomic mass is 35.5. The van der Waals surface area contributed by atoms with Crippen LogP contribution in [0.25, 0.3) is 0 Å². The van der Waals surface area contributed by atoms with Crippen molar-refractivity contribution in [2.75, 3.05) is 18.0 Å². The molecule has 0 radical (unpaired) electrons. The highest BCUT2D eigenvalue weighted by Gasteiger charge is 2.27. The van der Waals surface area contributed by atoms with Crippen molar-refractivity contribution in [3.63, 3.8) is 0 Å². The third-order valence-electron chi connectivity index (χ3n) is 5.01. The lowest BCUT2D eigenvalue weighted by molar-refractivity contribution is -0.126. The molecule has 2 heterocycles. The Balaban J connectivity index is 1.55. The molecule has 6 heteroatoms. The molecule has 1 aromatic carbocycles. The van der Waals surface area contributed by atoms with Crippen LogP contribution in [0, 0.1) is 12.8 Å². The number of nitrogens with zero attached hydrogens (tertiary/aromatic N) is 3. The summed E-state index contributed by atoms with van der Waals surface area (Å²) in [7, 11) is 0. The van der Waals surface area contributed by atoms with Gasteiger partial charge in [0.25, 0.3) is 0 Å². The van der Waals surface area contributed by atoms with Gasteiger partial charge in [0.05, 0.1) is 6.04 Å². The van der Waals surface area contributed by atoms with Crippen molar-refractivity contribution < 1.29 is 4.79 Å². The van der Waals surface area contributed by atoms with Crippen molar-refractivity contribution in [3.8, 4) is 0 Å². The quantitative estimate of drug-likeness (QED) is 0.864. The highest BCUT2D eigenvalue weighted by Crippen LogP contribution is 2.24. The fourth-order valence-corrected chi connectivity index (χ4v) is 3.46. The van der Waals surface area contributed by atoms with E-state index >= 15 is 0 Å². The maximum atomic E-state index is 12.7. The van der Waals surface area contributed by atoms with Crippen LogP contribution in [0.3, 0.4) is 0 Å². The molecule has 138 valence electrons. The SMILES string of the molecule is CC[C@H](NC(=O)C1CCN(c2ccc(Cl)nn2)CC1)c1ccc(C)cc1. The standard InChI is InChI=1S/C20H25ClN4O/c1-3-17(15-6-4-14(2)5-7-15)22-20(26)16-10-12-25(13-11-16)19-9-8-18(21)23-24-19/h4-9,16-17H,3,10-13H2,1-2H3,(H,22,26)/t17-/m0/s1. The number of hydrogen-bond donors (Lipinski definition) is 1. The summed E-state index contributed by atoms with van der Waals surface area (Å²) < 4.78 is 0. The lowest BCUT2D eigenvalue weighted by atomic mass is 9.94. The molecule has 2 aromatic rings. The van der Waals surface area contributed by atoms with Crippen molar-refractivity contribution >= 4 is 23.3 Å². The second-order valence-electron chi connectivity index (χ2n) is 6.86.